The van der Waals surface area contributed by atoms with Crippen molar-refractivity contribution in [1.29, 1.82) is 0 Å². The second-order valence-electron chi connectivity index (χ2n) is 7.12. The van der Waals surface area contributed by atoms with Crippen LogP contribution in [0.5, 0.6) is 5.75 Å². The van der Waals surface area contributed by atoms with Gasteiger partial charge in [-0.25, -0.2) is 4.39 Å². The molecule has 0 fully saturated rings. The zero-order valence-corrected chi connectivity index (χ0v) is 18.7. The number of fused-ring (bicyclic) bond motifs is 1. The molecule has 3 aromatic carbocycles. The molecule has 32 heavy (non-hydrogen) atoms. The second kappa shape index (κ2) is 9.36. The number of nitrogens with one attached hydrogen (secondary N) is 1. The molecule has 3 aromatic rings. The van der Waals surface area contributed by atoms with Gasteiger partial charge in [-0.2, -0.15) is 0 Å². The Morgan fingerprint density at radius 1 is 1.03 bits per heavy atom. The minimum absolute atomic E-state index is 0.231. The van der Waals surface area contributed by atoms with E-state index in [1.165, 1.54) is 23.1 Å². The van der Waals surface area contributed by atoms with E-state index in [1.54, 1.807) is 42.5 Å². The van der Waals surface area contributed by atoms with Crippen molar-refractivity contribution in [2.24, 2.45) is 0 Å². The third-order valence-electron chi connectivity index (χ3n) is 4.96. The van der Waals surface area contributed by atoms with Crippen LogP contribution in [-0.4, -0.2) is 29.9 Å². The first-order valence-corrected chi connectivity index (χ1v) is 10.7. The molecule has 0 aromatic heterocycles. The number of ether oxygens (including phenoxy) is 1. The number of halogens is 4. The van der Waals surface area contributed by atoms with Crippen molar-refractivity contribution in [3.63, 3.8) is 0 Å². The Kier molecular flexibility index (Phi) is 6.55. The summed E-state index contributed by atoms with van der Waals surface area (Å²) in [5.74, 6) is -0.976. The van der Waals surface area contributed by atoms with Gasteiger partial charge in [0, 0.05) is 21.3 Å². The fourth-order valence-electron chi connectivity index (χ4n) is 3.53. The lowest BCUT2D eigenvalue weighted by molar-refractivity contribution is -0.138. The smallest absolute Gasteiger partial charge is 0.261 e. The lowest BCUT2D eigenvalue weighted by Gasteiger charge is -2.30. The zero-order valence-electron chi connectivity index (χ0n) is 16.4. The molecule has 0 bridgehead atoms. The van der Waals surface area contributed by atoms with Crippen LogP contribution in [0.2, 0.25) is 15.1 Å². The van der Waals surface area contributed by atoms with Crippen LogP contribution in [0, 0.1) is 5.82 Å². The van der Waals surface area contributed by atoms with E-state index >= 15 is 0 Å². The van der Waals surface area contributed by atoms with E-state index in [0.29, 0.717) is 26.9 Å². The van der Waals surface area contributed by atoms with Crippen LogP contribution in [-0.2, 0) is 9.59 Å². The Morgan fingerprint density at radius 3 is 2.44 bits per heavy atom. The number of benzene rings is 3. The summed E-state index contributed by atoms with van der Waals surface area (Å²) < 4.78 is 19.2. The molecular formula is C23H16Cl3FN2O3. The molecule has 0 aliphatic carbocycles. The summed E-state index contributed by atoms with van der Waals surface area (Å²) in [7, 11) is 0. The van der Waals surface area contributed by atoms with Gasteiger partial charge in [0.05, 0.1) is 11.1 Å². The maximum atomic E-state index is 13.6. The van der Waals surface area contributed by atoms with Crippen molar-refractivity contribution < 1.29 is 18.7 Å². The molecule has 1 atom stereocenters. The largest absolute Gasteiger partial charge is 0.482 e. The minimum atomic E-state index is -0.694. The molecule has 0 spiro atoms. The first-order chi connectivity index (χ1) is 15.3. The van der Waals surface area contributed by atoms with E-state index in [2.05, 4.69) is 5.32 Å². The highest BCUT2D eigenvalue weighted by Gasteiger charge is 2.34. The number of hydrogen-bond acceptors (Lipinski definition) is 3. The Balaban J connectivity index is 1.71. The van der Waals surface area contributed by atoms with Crippen LogP contribution in [0.25, 0.3) is 0 Å². The fraction of sp³-hybridized carbons (Fsp3) is 0.130. The van der Waals surface area contributed by atoms with Gasteiger partial charge in [0.25, 0.3) is 5.91 Å². The van der Waals surface area contributed by atoms with Crippen molar-refractivity contribution in [2.45, 2.75) is 6.04 Å². The van der Waals surface area contributed by atoms with Crippen molar-refractivity contribution >= 4 is 52.3 Å². The molecule has 9 heteroatoms. The van der Waals surface area contributed by atoms with Crippen molar-refractivity contribution in [3.8, 4) is 5.75 Å². The van der Waals surface area contributed by atoms with Crippen LogP contribution in [0.1, 0.15) is 17.2 Å². The molecular weight excluding hydrogens is 478 g/mol. The fourth-order valence-corrected chi connectivity index (χ4v) is 4.17. The number of rotatable bonds is 4. The topological polar surface area (TPSA) is 58.6 Å². The molecule has 5 nitrogen and oxygen atoms in total. The summed E-state index contributed by atoms with van der Waals surface area (Å²) in [5, 5.41) is 3.92. The molecule has 2 amide bonds. The molecule has 0 saturated heterocycles. The number of amides is 2. The maximum Gasteiger partial charge on any atom is 0.261 e. The average Bonchev–Trinajstić information content (AvgIpc) is 2.89. The van der Waals surface area contributed by atoms with E-state index < -0.39 is 17.8 Å². The predicted octanol–water partition coefficient (Wildman–Crippen LogP) is 5.74. The van der Waals surface area contributed by atoms with Crippen LogP contribution >= 0.6 is 34.8 Å². The number of anilines is 1. The quantitative estimate of drug-likeness (QED) is 0.505. The predicted molar refractivity (Wildman–Crippen MR) is 122 cm³/mol. The Hall–Kier alpha value is -2.80. The number of carbonyl (C=O) groups is 2. The molecule has 4 rings (SSSR count). The van der Waals surface area contributed by atoms with Gasteiger partial charge < -0.3 is 15.0 Å². The highest BCUT2D eigenvalue weighted by atomic mass is 35.5. The van der Waals surface area contributed by atoms with E-state index in [4.69, 9.17) is 39.5 Å². The SMILES string of the molecule is O=C1CN(C(=O)COc2ccc(Cl)cc2Cl)C(c2ccc(F)cc2)c2cc(Cl)ccc2N1. The highest BCUT2D eigenvalue weighted by Crippen LogP contribution is 2.37. The molecule has 1 unspecified atom stereocenters. The Bertz CT molecular complexity index is 1190. The van der Waals surface area contributed by atoms with Crippen molar-refractivity contribution in [1.82, 2.24) is 4.90 Å². The van der Waals surface area contributed by atoms with Crippen molar-refractivity contribution in [3.05, 3.63) is 92.7 Å². The van der Waals surface area contributed by atoms with Gasteiger partial charge in [-0.05, 0) is 54.1 Å². The number of carbonyl (C=O) groups excluding carboxylic acids is 2. The summed E-state index contributed by atoms with van der Waals surface area (Å²) in [4.78, 5) is 27.2. The average molecular weight is 494 g/mol. The first-order valence-electron chi connectivity index (χ1n) is 9.54. The second-order valence-corrected chi connectivity index (χ2v) is 8.40. The zero-order chi connectivity index (χ0) is 22.8. The lowest BCUT2D eigenvalue weighted by atomic mass is 9.95. The normalized spacial score (nSPS) is 15.6. The molecule has 1 N–H and O–H groups in total. The van der Waals surface area contributed by atoms with Crippen LogP contribution in [0.15, 0.2) is 60.7 Å². The van der Waals surface area contributed by atoms with Gasteiger partial charge in [-0.3, -0.25) is 9.59 Å². The standard InChI is InChI=1S/C23H16Cl3FN2O3/c24-14-3-7-19-17(9-14)23(13-1-5-16(27)6-2-13)29(11-21(30)28-19)22(31)12-32-20-8-4-15(25)10-18(20)26/h1-10,23H,11-12H2,(H,28,30). The van der Waals surface area contributed by atoms with Crippen LogP contribution in [0.4, 0.5) is 10.1 Å². The van der Waals surface area contributed by atoms with Gasteiger partial charge >= 0.3 is 0 Å². The number of nitrogens with zero attached hydrogens (tertiary/aromatic N) is 1. The van der Waals surface area contributed by atoms with E-state index in [9.17, 15) is 14.0 Å². The van der Waals surface area contributed by atoms with Crippen molar-refractivity contribution in [2.75, 3.05) is 18.5 Å². The van der Waals surface area contributed by atoms with Gasteiger partial charge in [-0.1, -0.05) is 46.9 Å². The molecule has 1 aliphatic rings. The molecule has 0 saturated carbocycles. The summed E-state index contributed by atoms with van der Waals surface area (Å²) in [6, 6.07) is 14.7. The monoisotopic (exact) mass is 492 g/mol. The molecule has 0 radical (unpaired) electrons. The lowest BCUT2D eigenvalue weighted by Crippen LogP contribution is -2.41. The summed E-state index contributed by atoms with van der Waals surface area (Å²) in [6.45, 7) is -0.604. The number of hydrogen-bond donors (Lipinski definition) is 1. The molecule has 1 heterocycles. The highest BCUT2D eigenvalue weighted by molar-refractivity contribution is 6.35. The van der Waals surface area contributed by atoms with Gasteiger partial charge in [0.15, 0.2) is 6.61 Å². The van der Waals surface area contributed by atoms with E-state index in [-0.39, 0.29) is 29.8 Å². The summed E-state index contributed by atoms with van der Waals surface area (Å²) >= 11 is 18.2. The van der Waals surface area contributed by atoms with Crippen LogP contribution in [0.3, 0.4) is 0 Å². The third-order valence-corrected chi connectivity index (χ3v) is 5.72. The van der Waals surface area contributed by atoms with Gasteiger partial charge in [0.1, 0.15) is 18.1 Å². The van der Waals surface area contributed by atoms with Crippen LogP contribution < -0.4 is 10.1 Å². The Morgan fingerprint density at radius 2 is 1.72 bits per heavy atom. The van der Waals surface area contributed by atoms with E-state index in [0.717, 1.165) is 0 Å². The minimum Gasteiger partial charge on any atom is -0.482 e. The van der Waals surface area contributed by atoms with Gasteiger partial charge in [-0.15, -0.1) is 0 Å². The maximum absolute atomic E-state index is 13.6. The summed E-state index contributed by atoms with van der Waals surface area (Å²) in [5.41, 5.74) is 1.74. The van der Waals surface area contributed by atoms with E-state index in [1.807, 2.05) is 0 Å². The summed E-state index contributed by atoms with van der Waals surface area (Å²) in [6.07, 6.45) is 0. The Labute approximate surface area is 198 Å². The molecule has 1 aliphatic heterocycles. The first kappa shape index (κ1) is 22.4. The van der Waals surface area contributed by atoms with Gasteiger partial charge in [0.2, 0.25) is 5.91 Å². The third kappa shape index (κ3) is 4.83. The molecule has 164 valence electrons.